The summed E-state index contributed by atoms with van der Waals surface area (Å²) >= 11 is 3.67. The third-order valence-electron chi connectivity index (χ3n) is 10.2. The maximum atomic E-state index is 11.7. The average molecular weight is 499 g/mol. The molecule has 0 aromatic heterocycles. The molecule has 4 fully saturated rings. The van der Waals surface area contributed by atoms with Crippen molar-refractivity contribution < 1.29 is 24.2 Å². The number of carbonyl (C=O) groups is 2. The van der Waals surface area contributed by atoms with Gasteiger partial charge in [0.05, 0.1) is 6.10 Å². The number of hydrogen-bond acceptors (Lipinski definition) is 5. The Morgan fingerprint density at radius 3 is 2.35 bits per heavy atom. The molecular formula is C25H39BrO5. The van der Waals surface area contributed by atoms with E-state index in [0.29, 0.717) is 17.8 Å². The van der Waals surface area contributed by atoms with Gasteiger partial charge >= 0.3 is 11.9 Å². The van der Waals surface area contributed by atoms with Gasteiger partial charge in [-0.15, -0.1) is 0 Å². The quantitative estimate of drug-likeness (QED) is 0.435. The zero-order valence-corrected chi connectivity index (χ0v) is 21.1. The topological polar surface area (TPSA) is 72.8 Å². The molecule has 6 heteroatoms. The van der Waals surface area contributed by atoms with Gasteiger partial charge in [0.2, 0.25) is 0 Å². The number of fused-ring (bicyclic) bond motifs is 5. The first-order valence-electron chi connectivity index (χ1n) is 12.2. The van der Waals surface area contributed by atoms with Crippen molar-refractivity contribution in [2.75, 3.05) is 5.33 Å². The molecule has 176 valence electrons. The molecule has 4 aliphatic carbocycles. The lowest BCUT2D eigenvalue weighted by Crippen LogP contribution is -2.65. The minimum Gasteiger partial charge on any atom is -0.463 e. The Balaban J connectivity index is 1.65. The minimum absolute atomic E-state index is 0.00910. The van der Waals surface area contributed by atoms with Crippen molar-refractivity contribution in [3.05, 3.63) is 0 Å². The number of halogens is 1. The summed E-state index contributed by atoms with van der Waals surface area (Å²) in [5.41, 5.74) is -0.175. The predicted molar refractivity (Wildman–Crippen MR) is 122 cm³/mol. The van der Waals surface area contributed by atoms with Gasteiger partial charge in [-0.3, -0.25) is 9.59 Å². The van der Waals surface area contributed by atoms with E-state index in [2.05, 4.69) is 29.8 Å². The number of aliphatic hydroxyl groups excluding tert-OH is 1. The second-order valence-corrected chi connectivity index (χ2v) is 12.1. The Hall–Kier alpha value is -0.620. The van der Waals surface area contributed by atoms with Crippen LogP contribution in [0.1, 0.15) is 85.5 Å². The molecule has 4 rings (SSSR count). The molecule has 0 amide bonds. The molecule has 31 heavy (non-hydrogen) atoms. The molecule has 0 aromatic carbocycles. The zero-order chi connectivity index (χ0) is 22.6. The first-order chi connectivity index (χ1) is 14.6. The summed E-state index contributed by atoms with van der Waals surface area (Å²) in [4.78, 5) is 23.4. The van der Waals surface area contributed by atoms with Crippen LogP contribution in [0.2, 0.25) is 0 Å². The third-order valence-corrected chi connectivity index (χ3v) is 10.6. The van der Waals surface area contributed by atoms with Crippen molar-refractivity contribution >= 4 is 27.9 Å². The largest absolute Gasteiger partial charge is 0.463 e. The van der Waals surface area contributed by atoms with Gasteiger partial charge in [0.1, 0.15) is 12.2 Å². The second kappa shape index (κ2) is 8.30. The highest BCUT2D eigenvalue weighted by molar-refractivity contribution is 9.09. The normalized spacial score (nSPS) is 48.8. The fourth-order valence-electron chi connectivity index (χ4n) is 8.82. The number of ether oxygens (including phenoxy) is 2. The Morgan fingerprint density at radius 2 is 1.71 bits per heavy atom. The lowest BCUT2D eigenvalue weighted by molar-refractivity contribution is -0.232. The van der Waals surface area contributed by atoms with Gasteiger partial charge in [0.15, 0.2) is 0 Å². The number of hydrogen-bond donors (Lipinski definition) is 1. The lowest BCUT2D eigenvalue weighted by atomic mass is 9.38. The standard InChI is InChI=1S/C25H39BrO5/c1-15(27)30-17-7-10-24(4)20-8-9-23(3)19(5-6-22(23)31-16(2)28)18(20)13-21(29)25(24,14-17)11-12-26/h17-22,29H,5-14H2,1-4H3/t17?,18-,19-,20+,21?,22?,23-,24+,25?/m0/s1. The fraction of sp³-hybridized carbons (Fsp3) is 0.920. The van der Waals surface area contributed by atoms with E-state index < -0.39 is 6.10 Å². The first kappa shape index (κ1) is 23.5. The lowest BCUT2D eigenvalue weighted by Gasteiger charge is -2.67. The van der Waals surface area contributed by atoms with Crippen molar-refractivity contribution in [2.24, 2.45) is 34.0 Å². The van der Waals surface area contributed by atoms with E-state index >= 15 is 0 Å². The highest BCUT2D eigenvalue weighted by Gasteiger charge is 2.67. The summed E-state index contributed by atoms with van der Waals surface area (Å²) < 4.78 is 11.4. The zero-order valence-electron chi connectivity index (χ0n) is 19.5. The Labute approximate surface area is 195 Å². The number of esters is 2. The van der Waals surface area contributed by atoms with Crippen LogP contribution < -0.4 is 0 Å². The van der Waals surface area contributed by atoms with E-state index in [-0.39, 0.29) is 40.4 Å². The van der Waals surface area contributed by atoms with Gasteiger partial charge in [-0.05, 0) is 81.0 Å². The molecule has 0 bridgehead atoms. The smallest absolute Gasteiger partial charge is 0.302 e. The summed E-state index contributed by atoms with van der Waals surface area (Å²) in [6, 6.07) is 0. The summed E-state index contributed by atoms with van der Waals surface area (Å²) in [5, 5.41) is 12.6. The van der Waals surface area contributed by atoms with Crippen LogP contribution >= 0.6 is 15.9 Å². The minimum atomic E-state index is -0.398. The van der Waals surface area contributed by atoms with Crippen molar-refractivity contribution in [1.82, 2.24) is 0 Å². The molecule has 0 radical (unpaired) electrons. The van der Waals surface area contributed by atoms with Crippen LogP contribution in [0.15, 0.2) is 0 Å². The van der Waals surface area contributed by atoms with Crippen molar-refractivity contribution in [2.45, 2.75) is 104 Å². The maximum absolute atomic E-state index is 11.7. The van der Waals surface area contributed by atoms with Crippen LogP contribution in [0, 0.1) is 34.0 Å². The third kappa shape index (κ3) is 3.59. The first-order valence-corrected chi connectivity index (χ1v) is 13.3. The molecule has 0 aromatic rings. The molecule has 1 N–H and O–H groups in total. The molecular weight excluding hydrogens is 460 g/mol. The van der Waals surface area contributed by atoms with E-state index in [9.17, 15) is 14.7 Å². The van der Waals surface area contributed by atoms with E-state index in [0.717, 1.165) is 63.1 Å². The van der Waals surface area contributed by atoms with E-state index in [1.54, 1.807) is 0 Å². The fourth-order valence-corrected chi connectivity index (χ4v) is 9.52. The van der Waals surface area contributed by atoms with Crippen LogP contribution in [0.4, 0.5) is 0 Å². The molecule has 0 aliphatic heterocycles. The van der Waals surface area contributed by atoms with E-state index in [4.69, 9.17) is 9.47 Å². The molecule has 5 nitrogen and oxygen atoms in total. The summed E-state index contributed by atoms with van der Waals surface area (Å²) in [6.07, 6.45) is 8.11. The molecule has 0 saturated heterocycles. The van der Waals surface area contributed by atoms with E-state index in [1.807, 2.05) is 0 Å². The summed E-state index contributed by atoms with van der Waals surface area (Å²) in [6.45, 7) is 7.74. The molecule has 4 unspecified atom stereocenters. The average Bonchev–Trinajstić information content (AvgIpc) is 3.00. The number of aliphatic hydroxyl groups is 1. The Morgan fingerprint density at radius 1 is 1.00 bits per heavy atom. The van der Waals surface area contributed by atoms with E-state index in [1.165, 1.54) is 13.8 Å². The summed E-state index contributed by atoms with van der Waals surface area (Å²) in [7, 11) is 0. The molecule has 4 aliphatic rings. The Bertz CT molecular complexity index is 727. The predicted octanol–water partition coefficient (Wildman–Crippen LogP) is 5.02. The van der Waals surface area contributed by atoms with Crippen molar-refractivity contribution in [3.8, 4) is 0 Å². The maximum Gasteiger partial charge on any atom is 0.302 e. The van der Waals surface area contributed by atoms with Crippen molar-refractivity contribution in [3.63, 3.8) is 0 Å². The molecule has 9 atom stereocenters. The molecule has 0 heterocycles. The Kier molecular flexibility index (Phi) is 6.30. The van der Waals surface area contributed by atoms with Crippen molar-refractivity contribution in [1.29, 1.82) is 0 Å². The number of alkyl halides is 1. The van der Waals surface area contributed by atoms with Crippen LogP contribution in [0.3, 0.4) is 0 Å². The molecule has 4 saturated carbocycles. The SMILES string of the molecule is CC(=O)OC1CC[C@]2(C)[C@@H]3CC[C@]4(C)C(OC(C)=O)CC[C@H]4[C@@H]3CC(O)C2(CCBr)C1. The van der Waals surface area contributed by atoms with Gasteiger partial charge in [0.25, 0.3) is 0 Å². The van der Waals surface area contributed by atoms with Crippen LogP contribution in [-0.2, 0) is 19.1 Å². The second-order valence-electron chi connectivity index (χ2n) is 11.3. The van der Waals surface area contributed by atoms with Gasteiger partial charge in [0, 0.05) is 30.0 Å². The monoisotopic (exact) mass is 498 g/mol. The summed E-state index contributed by atoms with van der Waals surface area (Å²) in [5.74, 6) is 1.12. The number of rotatable bonds is 4. The molecule has 0 spiro atoms. The van der Waals surface area contributed by atoms with Gasteiger partial charge in [-0.1, -0.05) is 29.8 Å². The number of carbonyl (C=O) groups excluding carboxylic acids is 2. The van der Waals surface area contributed by atoms with Gasteiger partial charge < -0.3 is 14.6 Å². The van der Waals surface area contributed by atoms with Crippen LogP contribution in [-0.4, -0.2) is 40.7 Å². The highest BCUT2D eigenvalue weighted by Crippen LogP contribution is 2.71. The highest BCUT2D eigenvalue weighted by atomic mass is 79.9. The van der Waals surface area contributed by atoms with Gasteiger partial charge in [-0.2, -0.15) is 0 Å². The van der Waals surface area contributed by atoms with Crippen LogP contribution in [0.5, 0.6) is 0 Å². The van der Waals surface area contributed by atoms with Gasteiger partial charge in [-0.25, -0.2) is 0 Å². The van der Waals surface area contributed by atoms with Crippen LogP contribution in [0.25, 0.3) is 0 Å².